The molecule has 4 aliphatic rings. The van der Waals surface area contributed by atoms with Gasteiger partial charge in [0.15, 0.2) is 74.9 Å². The van der Waals surface area contributed by atoms with E-state index in [1.54, 1.807) is 12.4 Å². The molecule has 17 rings (SSSR count). The van der Waals surface area contributed by atoms with E-state index in [1.165, 1.54) is 0 Å². The van der Waals surface area contributed by atoms with Gasteiger partial charge in [0.05, 0.1) is 17.6 Å². The number of carboxylic acid groups (broad SMARTS) is 1. The molecule has 0 aliphatic carbocycles. The van der Waals surface area contributed by atoms with Crippen LogP contribution in [-0.4, -0.2) is 131 Å². The second kappa shape index (κ2) is 19.9. The number of carboxylic acids is 1. The number of H-pyrrole nitrogens is 4. The molecular weight excluding hydrogens is 1220 g/mol. The van der Waals surface area contributed by atoms with Crippen molar-refractivity contribution in [1.82, 2.24) is 120 Å². The van der Waals surface area contributed by atoms with Gasteiger partial charge in [0.2, 0.25) is 0 Å². The number of hydrogen-bond donors (Lipinski definition) is 5. The number of aromatic carboxylic acids is 1. The quantitative estimate of drug-likeness (QED) is 0.102. The monoisotopic (exact) mass is 1280 g/mol. The van der Waals surface area contributed by atoms with Crippen LogP contribution in [0.5, 0.6) is 0 Å². The molecule has 97 heavy (non-hydrogen) atoms. The van der Waals surface area contributed by atoms with Crippen molar-refractivity contribution in [1.29, 1.82) is 0 Å². The van der Waals surface area contributed by atoms with Gasteiger partial charge in [0, 0.05) is 55.9 Å². The van der Waals surface area contributed by atoms with Crippen molar-refractivity contribution in [2.45, 2.75) is 131 Å². The predicted octanol–water partition coefficient (Wildman–Crippen LogP) is 13.4. The van der Waals surface area contributed by atoms with Gasteiger partial charge in [-0.25, -0.2) is 104 Å². The minimum absolute atomic E-state index is 0.0823. The molecule has 0 unspecified atom stereocenters. The summed E-state index contributed by atoms with van der Waals surface area (Å²) in [7, 11) is 0. The zero-order valence-electron chi connectivity index (χ0n) is 55.7. The number of aromatic amines is 4. The summed E-state index contributed by atoms with van der Waals surface area (Å²) in [5.41, 5.74) is 9.51. The molecule has 14 heterocycles. The number of aromatic nitrogens is 24. The highest BCUT2D eigenvalue weighted by Crippen LogP contribution is 2.43. The third kappa shape index (κ3) is 9.53. The molecule has 5 N–H and O–H groups in total. The molecule has 16 bridgehead atoms. The highest BCUT2D eigenvalue weighted by atomic mass is 16.4. The van der Waals surface area contributed by atoms with Gasteiger partial charge in [-0.1, -0.05) is 140 Å². The van der Waals surface area contributed by atoms with E-state index in [9.17, 15) is 9.90 Å². The summed E-state index contributed by atoms with van der Waals surface area (Å²) in [6.45, 7) is 31.8. The number of nitrogens with one attached hydrogen (secondary N) is 4. The molecule has 478 valence electrons. The summed E-state index contributed by atoms with van der Waals surface area (Å²) in [4.78, 5) is 130. The first-order valence-electron chi connectivity index (χ1n) is 31.8. The van der Waals surface area contributed by atoms with Gasteiger partial charge in [-0.3, -0.25) is 0 Å². The van der Waals surface area contributed by atoms with Crippen LogP contribution in [0.1, 0.15) is 142 Å². The van der Waals surface area contributed by atoms with Crippen molar-refractivity contribution < 1.29 is 9.90 Å². The molecule has 0 atom stereocenters. The Hall–Kier alpha value is -11.8. The van der Waals surface area contributed by atoms with E-state index >= 15 is 0 Å². The van der Waals surface area contributed by atoms with Crippen molar-refractivity contribution in [3.8, 4) is 91.9 Å². The van der Waals surface area contributed by atoms with Gasteiger partial charge >= 0.3 is 5.97 Å². The van der Waals surface area contributed by atoms with Crippen LogP contribution in [0.25, 0.3) is 181 Å². The smallest absolute Gasteiger partial charge is 0.356 e. The Balaban J connectivity index is 1.02. The first kappa shape index (κ1) is 59.0. The first-order chi connectivity index (χ1) is 45.9. The number of hydrogen-bond acceptors (Lipinski definition) is 21. The third-order valence-corrected chi connectivity index (χ3v) is 17.8. The highest BCUT2D eigenvalue weighted by molar-refractivity contribution is 6.08. The van der Waals surface area contributed by atoms with Gasteiger partial charge < -0.3 is 25.0 Å². The second-order valence-corrected chi connectivity index (χ2v) is 30.0. The zero-order valence-corrected chi connectivity index (χ0v) is 55.7. The molecule has 0 amide bonds. The maximum absolute atomic E-state index is 12.5. The van der Waals surface area contributed by atoms with E-state index in [0.29, 0.717) is 62.7 Å². The van der Waals surface area contributed by atoms with Crippen LogP contribution >= 0.6 is 0 Å². The van der Waals surface area contributed by atoms with Crippen molar-refractivity contribution in [2.75, 3.05) is 0 Å². The predicted molar refractivity (Wildman–Crippen MR) is 368 cm³/mol. The Morgan fingerprint density at radius 2 is 0.639 bits per heavy atom. The summed E-state index contributed by atoms with van der Waals surface area (Å²) in [6, 6.07) is 19.1. The topological polar surface area (TPSA) is 358 Å². The third-order valence-electron chi connectivity index (χ3n) is 17.8. The molecule has 10 aromatic heterocycles. The Bertz CT molecular complexity index is 6100. The Labute approximate surface area is 551 Å². The van der Waals surface area contributed by atoms with E-state index in [2.05, 4.69) is 147 Å². The molecular formula is C71H62N24O2. The fraction of sp³-hybridized carbons (Fsp3) is 0.282. The van der Waals surface area contributed by atoms with Crippen molar-refractivity contribution >= 4 is 94.8 Å². The summed E-state index contributed by atoms with van der Waals surface area (Å²) in [5, 5.41) is 13.4. The van der Waals surface area contributed by atoms with E-state index in [1.807, 2.05) is 41.5 Å². The molecule has 0 saturated carbocycles. The molecule has 13 aromatic rings. The molecule has 0 fully saturated rings. The lowest BCUT2D eigenvalue weighted by atomic mass is 9.85. The lowest BCUT2D eigenvalue weighted by Crippen LogP contribution is -2.14. The van der Waals surface area contributed by atoms with Crippen molar-refractivity contribution in [2.24, 2.45) is 0 Å². The van der Waals surface area contributed by atoms with Gasteiger partial charge in [0.1, 0.15) is 78.8 Å². The summed E-state index contributed by atoms with van der Waals surface area (Å²) in [5.74, 6) is 0.494. The summed E-state index contributed by atoms with van der Waals surface area (Å²) < 4.78 is 0. The van der Waals surface area contributed by atoms with Crippen LogP contribution in [0, 0.1) is 0 Å². The van der Waals surface area contributed by atoms with Crippen LogP contribution in [0.4, 0.5) is 0 Å². The molecule has 26 nitrogen and oxygen atoms in total. The van der Waals surface area contributed by atoms with Crippen molar-refractivity contribution in [3.05, 3.63) is 107 Å². The number of nitrogens with zero attached hydrogens (tertiary/aromatic N) is 20. The SMILES string of the molecule is CC(C)(C)c1ccc2c(c1)-c1nc-2nc2[nH]c(nc3nc(nc4[nH]c(n1)c1ccc(C(C)(C)C)cc41)-c1nc4c5nc6nc(nc7[nH]c(nc8nc(nc([nH]5)c4nc1-3)-c1nc(C(C)(C)C)cnc1-8)c1nc(C(=O)O)cnc71)-c1nc(C(C)(C)C)cnc1-6)c1ccc(C(C)(C)C)cc21. The Morgan fingerprint density at radius 1 is 0.299 bits per heavy atom. The Morgan fingerprint density at radius 3 is 1.07 bits per heavy atom. The van der Waals surface area contributed by atoms with Crippen LogP contribution in [0.2, 0.25) is 0 Å². The van der Waals surface area contributed by atoms with Crippen LogP contribution < -0.4 is 0 Å². The summed E-state index contributed by atoms with van der Waals surface area (Å²) in [6.07, 6.45) is 4.53. The lowest BCUT2D eigenvalue weighted by molar-refractivity contribution is 0.0690. The number of benzene rings is 3. The highest BCUT2D eigenvalue weighted by Gasteiger charge is 2.33. The van der Waals surface area contributed by atoms with Crippen LogP contribution in [-0.2, 0) is 27.1 Å². The normalized spacial score (nSPS) is 13.2. The molecule has 0 spiro atoms. The summed E-state index contributed by atoms with van der Waals surface area (Å²) >= 11 is 0. The van der Waals surface area contributed by atoms with Crippen LogP contribution in [0.3, 0.4) is 0 Å². The number of rotatable bonds is 1. The van der Waals surface area contributed by atoms with E-state index in [-0.39, 0.29) is 119 Å². The zero-order chi connectivity index (χ0) is 67.5. The molecule has 26 heteroatoms. The standard InChI is InChI=1S/C71H62N24O2/c1-67(2,3)28-16-19-31-34(22-28)53-80-50(31)81-54-35-23-29(68(4,5)6)18-21-33(35)52(84-54)85-62-46-47(63(94-62)86-55-36-24-30(69(7,8)9)17-20-32(36)51(82-53)83-55)79-48-49(78-46)65-93-61-45-42(74-27-39(77-45)71(13,14)15)57(91-61)88-59-43-40(72-25-37(75-43)66(96)97)56(87-59)89-60-44-41(58(90-60)92-64(48)95-65)73-26-38(76-44)70(10,11)12/h16-27H,1-15H3,(H,96,97)(H2,80,81,82,83,84,85,86,94)(H2,87,88,89,90,91,92,93,95). The lowest BCUT2D eigenvalue weighted by Gasteiger charge is -2.19. The average molecular weight is 1280 g/mol. The van der Waals surface area contributed by atoms with Gasteiger partial charge in [0.25, 0.3) is 0 Å². The minimum Gasteiger partial charge on any atom is -0.476 e. The van der Waals surface area contributed by atoms with E-state index < -0.39 is 16.8 Å². The maximum Gasteiger partial charge on any atom is 0.356 e. The van der Waals surface area contributed by atoms with E-state index in [0.717, 1.165) is 55.6 Å². The van der Waals surface area contributed by atoms with Gasteiger partial charge in [-0.15, -0.1) is 0 Å². The van der Waals surface area contributed by atoms with Gasteiger partial charge in [-0.2, -0.15) is 0 Å². The number of fused-ring (bicyclic) bond motifs is 40. The van der Waals surface area contributed by atoms with Gasteiger partial charge in [-0.05, 0) is 51.1 Å². The second-order valence-electron chi connectivity index (χ2n) is 30.0. The van der Waals surface area contributed by atoms with Crippen molar-refractivity contribution in [3.63, 3.8) is 0 Å². The Kier molecular flexibility index (Phi) is 12.1. The first-order valence-corrected chi connectivity index (χ1v) is 31.8. The molecule has 0 saturated heterocycles. The van der Waals surface area contributed by atoms with E-state index in [4.69, 9.17) is 89.7 Å². The average Bonchev–Trinajstić information content (AvgIpc) is 1.58. The molecule has 3 aromatic carbocycles. The molecule has 0 radical (unpaired) electrons. The fourth-order valence-corrected chi connectivity index (χ4v) is 12.2. The fourth-order valence-electron chi connectivity index (χ4n) is 12.2. The number of carbonyl (C=O) groups is 1. The molecule has 4 aliphatic heterocycles. The van der Waals surface area contributed by atoms with Crippen LogP contribution in [0.15, 0.2) is 73.2 Å². The minimum atomic E-state index is -1.29. The maximum atomic E-state index is 12.5. The largest absolute Gasteiger partial charge is 0.476 e.